The molecule has 2 atom stereocenters. The second-order valence-corrected chi connectivity index (χ2v) is 7.55. The number of hydrazine groups is 1. The molecule has 0 bridgehead atoms. The quantitative estimate of drug-likeness (QED) is 0.655. The molecule has 0 aliphatic carbocycles. The molecule has 0 radical (unpaired) electrons. The second-order valence-electron chi connectivity index (χ2n) is 5.32. The van der Waals surface area contributed by atoms with Crippen LogP contribution in [0.4, 0.5) is 8.78 Å². The van der Waals surface area contributed by atoms with Gasteiger partial charge in [-0.2, -0.15) is 0 Å². The molecule has 1 fully saturated rings. The van der Waals surface area contributed by atoms with E-state index in [4.69, 9.17) is 5.84 Å². The topological polar surface area (TPSA) is 72.2 Å². The van der Waals surface area contributed by atoms with Crippen LogP contribution in [-0.2, 0) is 9.84 Å². The number of benzene rings is 1. The van der Waals surface area contributed by atoms with Crippen LogP contribution in [0, 0.1) is 24.5 Å². The highest BCUT2D eigenvalue weighted by atomic mass is 32.2. The second kappa shape index (κ2) is 5.75. The standard InChI is InChI=1S/C13H18F2N2O2S/c1-8-2-3-10(13(15)12(8)14)11(17-16)6-9-4-5-20(18,19)7-9/h2-3,9,11,17H,4-7,16H2,1H3. The van der Waals surface area contributed by atoms with Crippen LogP contribution in [0.25, 0.3) is 0 Å². The van der Waals surface area contributed by atoms with Gasteiger partial charge >= 0.3 is 0 Å². The number of hydrogen-bond donors (Lipinski definition) is 2. The lowest BCUT2D eigenvalue weighted by Gasteiger charge is -2.20. The highest BCUT2D eigenvalue weighted by Crippen LogP contribution is 2.30. The first-order valence-corrected chi connectivity index (χ1v) is 8.27. The number of nitrogens with two attached hydrogens (primary N) is 1. The molecule has 1 heterocycles. The first-order chi connectivity index (χ1) is 9.34. The molecule has 0 amide bonds. The third kappa shape index (κ3) is 3.16. The van der Waals surface area contributed by atoms with E-state index in [-0.39, 0.29) is 28.6 Å². The normalized spacial score (nSPS) is 22.9. The van der Waals surface area contributed by atoms with E-state index < -0.39 is 27.5 Å². The third-order valence-electron chi connectivity index (χ3n) is 3.78. The Morgan fingerprint density at radius 2 is 2.10 bits per heavy atom. The molecule has 112 valence electrons. The molecule has 1 aliphatic heterocycles. The average Bonchev–Trinajstić information content (AvgIpc) is 2.73. The van der Waals surface area contributed by atoms with E-state index in [1.165, 1.54) is 19.1 Å². The van der Waals surface area contributed by atoms with Crippen molar-refractivity contribution in [3.05, 3.63) is 34.9 Å². The zero-order valence-corrected chi connectivity index (χ0v) is 12.0. The molecule has 1 aliphatic rings. The Kier molecular flexibility index (Phi) is 4.41. The van der Waals surface area contributed by atoms with Crippen molar-refractivity contribution in [3.8, 4) is 0 Å². The van der Waals surface area contributed by atoms with Crippen molar-refractivity contribution < 1.29 is 17.2 Å². The lowest BCUT2D eigenvalue weighted by atomic mass is 9.93. The molecule has 20 heavy (non-hydrogen) atoms. The van der Waals surface area contributed by atoms with Gasteiger partial charge in [0, 0.05) is 11.6 Å². The Morgan fingerprint density at radius 3 is 2.65 bits per heavy atom. The maximum Gasteiger partial charge on any atom is 0.163 e. The van der Waals surface area contributed by atoms with Gasteiger partial charge < -0.3 is 0 Å². The van der Waals surface area contributed by atoms with Gasteiger partial charge in [-0.05, 0) is 31.2 Å². The molecular weight excluding hydrogens is 286 g/mol. The summed E-state index contributed by atoms with van der Waals surface area (Å²) in [6, 6.07) is 2.38. The Morgan fingerprint density at radius 1 is 1.40 bits per heavy atom. The summed E-state index contributed by atoms with van der Waals surface area (Å²) in [4.78, 5) is 0. The van der Waals surface area contributed by atoms with Gasteiger partial charge in [0.15, 0.2) is 21.5 Å². The first-order valence-electron chi connectivity index (χ1n) is 6.45. The number of hydrogen-bond acceptors (Lipinski definition) is 4. The molecule has 1 aromatic carbocycles. The molecule has 4 nitrogen and oxygen atoms in total. The van der Waals surface area contributed by atoms with Crippen molar-refractivity contribution >= 4 is 9.84 Å². The predicted molar refractivity (Wildman–Crippen MR) is 72.5 cm³/mol. The largest absolute Gasteiger partial charge is 0.271 e. The molecule has 3 N–H and O–H groups in total. The zero-order valence-electron chi connectivity index (χ0n) is 11.2. The monoisotopic (exact) mass is 304 g/mol. The summed E-state index contributed by atoms with van der Waals surface area (Å²) in [5.41, 5.74) is 2.82. The maximum atomic E-state index is 13.9. The summed E-state index contributed by atoms with van der Waals surface area (Å²) < 4.78 is 50.4. The van der Waals surface area contributed by atoms with Gasteiger partial charge in [-0.15, -0.1) is 0 Å². The maximum absolute atomic E-state index is 13.9. The van der Waals surface area contributed by atoms with Gasteiger partial charge in [0.1, 0.15) is 0 Å². The molecule has 0 saturated carbocycles. The van der Waals surface area contributed by atoms with Crippen LogP contribution in [0.3, 0.4) is 0 Å². The van der Waals surface area contributed by atoms with E-state index in [0.717, 1.165) is 0 Å². The van der Waals surface area contributed by atoms with Gasteiger partial charge in [-0.25, -0.2) is 17.2 Å². The molecule has 7 heteroatoms. The predicted octanol–water partition coefficient (Wildman–Crippen LogP) is 1.60. The van der Waals surface area contributed by atoms with E-state index >= 15 is 0 Å². The zero-order chi connectivity index (χ0) is 14.9. The van der Waals surface area contributed by atoms with Gasteiger partial charge in [0.2, 0.25) is 0 Å². The lowest BCUT2D eigenvalue weighted by Crippen LogP contribution is -2.31. The summed E-state index contributed by atoms with van der Waals surface area (Å²) in [5, 5.41) is 0. The van der Waals surface area contributed by atoms with Gasteiger partial charge in [-0.1, -0.05) is 12.1 Å². The average molecular weight is 304 g/mol. The number of rotatable bonds is 4. The lowest BCUT2D eigenvalue weighted by molar-refractivity contribution is 0.398. The van der Waals surface area contributed by atoms with Gasteiger partial charge in [0.05, 0.1) is 11.5 Å². The Labute approximate surface area is 117 Å². The van der Waals surface area contributed by atoms with Crippen LogP contribution >= 0.6 is 0 Å². The summed E-state index contributed by atoms with van der Waals surface area (Å²) >= 11 is 0. The summed E-state index contributed by atoms with van der Waals surface area (Å²) in [7, 11) is -2.99. The molecule has 0 aromatic heterocycles. The van der Waals surface area contributed by atoms with Crippen LogP contribution in [0.1, 0.15) is 30.0 Å². The van der Waals surface area contributed by atoms with Crippen molar-refractivity contribution in [1.29, 1.82) is 0 Å². The highest BCUT2D eigenvalue weighted by Gasteiger charge is 2.31. The third-order valence-corrected chi connectivity index (χ3v) is 5.61. The number of sulfone groups is 1. The van der Waals surface area contributed by atoms with Crippen LogP contribution in [-0.4, -0.2) is 19.9 Å². The van der Waals surface area contributed by atoms with Crippen LogP contribution in [0.5, 0.6) is 0 Å². The van der Waals surface area contributed by atoms with E-state index in [1.54, 1.807) is 0 Å². The molecule has 1 aromatic rings. The van der Waals surface area contributed by atoms with E-state index in [1.807, 2.05) is 0 Å². The summed E-state index contributed by atoms with van der Waals surface area (Å²) in [5.74, 6) is 3.77. The Bertz CT molecular complexity index is 605. The molecular formula is C13H18F2N2O2S. The molecule has 2 unspecified atom stereocenters. The van der Waals surface area contributed by atoms with E-state index in [2.05, 4.69) is 5.43 Å². The Hall–Kier alpha value is -1.05. The highest BCUT2D eigenvalue weighted by molar-refractivity contribution is 7.91. The fourth-order valence-electron chi connectivity index (χ4n) is 2.61. The fraction of sp³-hybridized carbons (Fsp3) is 0.538. The van der Waals surface area contributed by atoms with E-state index in [9.17, 15) is 17.2 Å². The van der Waals surface area contributed by atoms with Crippen LogP contribution < -0.4 is 11.3 Å². The van der Waals surface area contributed by atoms with Gasteiger partial charge in [0.25, 0.3) is 0 Å². The summed E-state index contributed by atoms with van der Waals surface area (Å²) in [6.07, 6.45) is 0.908. The molecule has 0 spiro atoms. The van der Waals surface area contributed by atoms with Gasteiger partial charge in [-0.3, -0.25) is 11.3 Å². The minimum Gasteiger partial charge on any atom is -0.271 e. The first kappa shape index (κ1) is 15.3. The van der Waals surface area contributed by atoms with Crippen molar-refractivity contribution in [2.75, 3.05) is 11.5 Å². The number of nitrogens with one attached hydrogen (secondary N) is 1. The SMILES string of the molecule is Cc1ccc(C(CC2CCS(=O)(=O)C2)NN)c(F)c1F. The number of halogens is 2. The Balaban J connectivity index is 2.19. The molecule has 2 rings (SSSR count). The van der Waals surface area contributed by atoms with Crippen molar-refractivity contribution in [3.63, 3.8) is 0 Å². The van der Waals surface area contributed by atoms with Crippen molar-refractivity contribution in [2.45, 2.75) is 25.8 Å². The fourth-order valence-corrected chi connectivity index (χ4v) is 4.49. The number of aryl methyl sites for hydroxylation is 1. The molecule has 1 saturated heterocycles. The van der Waals surface area contributed by atoms with Crippen molar-refractivity contribution in [2.24, 2.45) is 11.8 Å². The van der Waals surface area contributed by atoms with Crippen LogP contribution in [0.2, 0.25) is 0 Å². The van der Waals surface area contributed by atoms with Crippen molar-refractivity contribution in [1.82, 2.24) is 5.43 Å². The minimum atomic E-state index is -2.99. The smallest absolute Gasteiger partial charge is 0.163 e. The minimum absolute atomic E-state index is 0.0789. The summed E-state index contributed by atoms with van der Waals surface area (Å²) in [6.45, 7) is 1.48. The van der Waals surface area contributed by atoms with Crippen LogP contribution in [0.15, 0.2) is 12.1 Å². The van der Waals surface area contributed by atoms with E-state index in [0.29, 0.717) is 12.8 Å².